The molecule has 4 bridgehead atoms. The highest BCUT2D eigenvalue weighted by molar-refractivity contribution is 5.19. The first kappa shape index (κ1) is 10.6. The van der Waals surface area contributed by atoms with Crippen LogP contribution < -0.4 is 0 Å². The zero-order valence-electron chi connectivity index (χ0n) is 10.8. The van der Waals surface area contributed by atoms with E-state index < -0.39 is 0 Å². The largest absolute Gasteiger partial charge is 0.198 e. The monoisotopic (exact) mass is 217 g/mol. The van der Waals surface area contributed by atoms with Crippen molar-refractivity contribution >= 4 is 0 Å². The van der Waals surface area contributed by atoms with Gasteiger partial charge in [-0.15, -0.1) is 0 Å². The van der Waals surface area contributed by atoms with Crippen LogP contribution in [0.25, 0.3) is 0 Å². The van der Waals surface area contributed by atoms with Crippen LogP contribution in [0.1, 0.15) is 52.9 Å². The van der Waals surface area contributed by atoms with Crippen molar-refractivity contribution in [1.82, 2.24) is 0 Å². The summed E-state index contributed by atoms with van der Waals surface area (Å²) in [6.45, 7) is 6.87. The molecule has 0 radical (unpaired) electrons. The number of rotatable bonds is 0. The molecule has 4 saturated carbocycles. The molecule has 0 N–H and O–H groups in total. The highest BCUT2D eigenvalue weighted by atomic mass is 14.7. The van der Waals surface area contributed by atoms with Crippen molar-refractivity contribution in [3.05, 3.63) is 0 Å². The van der Waals surface area contributed by atoms with E-state index in [9.17, 15) is 5.26 Å². The minimum atomic E-state index is -0.0135. The van der Waals surface area contributed by atoms with E-state index in [1.54, 1.807) is 0 Å². The average molecular weight is 217 g/mol. The Morgan fingerprint density at radius 2 is 1.38 bits per heavy atom. The van der Waals surface area contributed by atoms with E-state index in [4.69, 9.17) is 0 Å². The van der Waals surface area contributed by atoms with Gasteiger partial charge in [0, 0.05) is 0 Å². The van der Waals surface area contributed by atoms with Crippen LogP contribution in [0.2, 0.25) is 0 Å². The summed E-state index contributed by atoms with van der Waals surface area (Å²) in [4.78, 5) is 0. The van der Waals surface area contributed by atoms with Gasteiger partial charge in [0.2, 0.25) is 0 Å². The molecule has 0 aromatic rings. The van der Waals surface area contributed by atoms with E-state index in [2.05, 4.69) is 26.8 Å². The van der Waals surface area contributed by atoms with Gasteiger partial charge in [0.25, 0.3) is 0 Å². The second-order valence-corrected chi connectivity index (χ2v) is 7.54. The Bertz CT molecular complexity index is 313. The quantitative estimate of drug-likeness (QED) is 0.601. The van der Waals surface area contributed by atoms with Crippen LogP contribution in [-0.2, 0) is 0 Å². The maximum absolute atomic E-state index is 9.83. The molecule has 1 heteroatoms. The molecule has 0 heterocycles. The van der Waals surface area contributed by atoms with Gasteiger partial charge in [-0.1, -0.05) is 20.8 Å². The lowest BCUT2D eigenvalue weighted by Gasteiger charge is -2.62. The molecular formula is C15H23N. The number of nitrogens with zero attached hydrogens (tertiary/aromatic N) is 1. The molecule has 16 heavy (non-hydrogen) atoms. The Hall–Kier alpha value is -0.510. The fourth-order valence-corrected chi connectivity index (χ4v) is 5.50. The molecular weight excluding hydrogens is 194 g/mol. The molecule has 4 aliphatic carbocycles. The molecule has 0 spiro atoms. The van der Waals surface area contributed by atoms with Crippen molar-refractivity contribution in [2.24, 2.45) is 34.5 Å². The lowest BCUT2D eigenvalue weighted by atomic mass is 9.40. The summed E-state index contributed by atoms with van der Waals surface area (Å²) in [5.41, 5.74) is 0.144. The maximum Gasteiger partial charge on any atom is 0.0701 e. The molecule has 0 aromatic heterocycles. The lowest BCUT2D eigenvalue weighted by Crippen LogP contribution is -2.57. The van der Waals surface area contributed by atoms with Gasteiger partial charge >= 0.3 is 0 Å². The van der Waals surface area contributed by atoms with Gasteiger partial charge in [-0.3, -0.25) is 0 Å². The van der Waals surface area contributed by atoms with Gasteiger partial charge in [0.1, 0.15) is 0 Å². The van der Waals surface area contributed by atoms with E-state index in [1.807, 2.05) is 0 Å². The highest BCUT2D eigenvalue weighted by Gasteiger charge is 2.62. The molecule has 0 atom stereocenters. The van der Waals surface area contributed by atoms with Crippen molar-refractivity contribution in [2.45, 2.75) is 52.9 Å². The Morgan fingerprint density at radius 3 is 1.69 bits per heavy atom. The van der Waals surface area contributed by atoms with Gasteiger partial charge in [0.15, 0.2) is 0 Å². The number of hydrogen-bond acceptors (Lipinski definition) is 1. The van der Waals surface area contributed by atoms with E-state index in [-0.39, 0.29) is 10.8 Å². The van der Waals surface area contributed by atoms with Crippen LogP contribution in [0.4, 0.5) is 0 Å². The van der Waals surface area contributed by atoms with E-state index in [0.29, 0.717) is 11.8 Å². The predicted molar refractivity (Wildman–Crippen MR) is 64.5 cm³/mol. The molecule has 4 aliphatic rings. The third-order valence-corrected chi connectivity index (χ3v) is 5.85. The standard InChI is InChI=1S/C15H23N/c1-14(2,3)15(9-16)12-5-10-4-11(7-12)8-13(15)6-10/h10-13H,4-8H2,1-3H3. The predicted octanol–water partition coefficient (Wildman–Crippen LogP) is 4.00. The molecule has 4 fully saturated rings. The second-order valence-electron chi connectivity index (χ2n) is 7.54. The third-order valence-electron chi connectivity index (χ3n) is 5.85. The first-order valence-electron chi connectivity index (χ1n) is 6.88. The normalized spacial score (nSPS) is 50.4. The van der Waals surface area contributed by atoms with Crippen LogP contribution in [0.15, 0.2) is 0 Å². The van der Waals surface area contributed by atoms with Gasteiger partial charge < -0.3 is 0 Å². The first-order chi connectivity index (χ1) is 7.47. The summed E-state index contributed by atoms with van der Waals surface area (Å²) < 4.78 is 0. The Kier molecular flexibility index (Phi) is 2.01. The fourth-order valence-electron chi connectivity index (χ4n) is 5.50. The summed E-state index contributed by atoms with van der Waals surface area (Å²) in [6.07, 6.45) is 6.85. The highest BCUT2D eigenvalue weighted by Crippen LogP contribution is 2.67. The van der Waals surface area contributed by atoms with Gasteiger partial charge in [-0.05, 0) is 61.2 Å². The van der Waals surface area contributed by atoms with Crippen molar-refractivity contribution in [1.29, 1.82) is 5.26 Å². The molecule has 1 nitrogen and oxygen atoms in total. The van der Waals surface area contributed by atoms with E-state index >= 15 is 0 Å². The molecule has 88 valence electrons. The minimum absolute atomic E-state index is 0.0135. The van der Waals surface area contributed by atoms with Crippen molar-refractivity contribution in [3.63, 3.8) is 0 Å². The zero-order chi connectivity index (χ0) is 11.6. The number of nitriles is 1. The molecule has 0 aliphatic heterocycles. The molecule has 4 rings (SSSR count). The molecule has 0 unspecified atom stereocenters. The van der Waals surface area contributed by atoms with Gasteiger partial charge in [-0.2, -0.15) is 5.26 Å². The molecule has 0 aromatic carbocycles. The van der Waals surface area contributed by atoms with Crippen LogP contribution >= 0.6 is 0 Å². The SMILES string of the molecule is CC(C)(C)C1(C#N)C2CC3CC(C2)CC1C3. The zero-order valence-corrected chi connectivity index (χ0v) is 10.8. The summed E-state index contributed by atoms with van der Waals surface area (Å²) in [6, 6.07) is 2.80. The van der Waals surface area contributed by atoms with Gasteiger partial charge in [0.05, 0.1) is 11.5 Å². The summed E-state index contributed by atoms with van der Waals surface area (Å²) in [5, 5.41) is 9.83. The Labute approximate surface area is 99.2 Å². The van der Waals surface area contributed by atoms with Crippen LogP contribution in [0, 0.1) is 45.8 Å². The van der Waals surface area contributed by atoms with Crippen LogP contribution in [0.3, 0.4) is 0 Å². The fraction of sp³-hybridized carbons (Fsp3) is 0.933. The molecule has 0 amide bonds. The topological polar surface area (TPSA) is 23.8 Å². The summed E-state index contributed by atoms with van der Waals surface area (Å²) in [5.74, 6) is 3.33. The molecule has 0 saturated heterocycles. The number of hydrogen-bond donors (Lipinski definition) is 0. The minimum Gasteiger partial charge on any atom is -0.198 e. The smallest absolute Gasteiger partial charge is 0.0701 e. The average Bonchev–Trinajstić information content (AvgIpc) is 2.14. The van der Waals surface area contributed by atoms with Crippen molar-refractivity contribution in [3.8, 4) is 6.07 Å². The lowest BCUT2D eigenvalue weighted by molar-refractivity contribution is -0.128. The van der Waals surface area contributed by atoms with Crippen molar-refractivity contribution in [2.75, 3.05) is 0 Å². The van der Waals surface area contributed by atoms with E-state index in [1.165, 1.54) is 32.1 Å². The maximum atomic E-state index is 9.83. The van der Waals surface area contributed by atoms with Crippen LogP contribution in [-0.4, -0.2) is 0 Å². The van der Waals surface area contributed by atoms with Gasteiger partial charge in [-0.25, -0.2) is 0 Å². The first-order valence-corrected chi connectivity index (χ1v) is 6.88. The summed E-state index contributed by atoms with van der Waals surface area (Å²) in [7, 11) is 0. The second kappa shape index (κ2) is 3.03. The third kappa shape index (κ3) is 1.11. The van der Waals surface area contributed by atoms with Crippen molar-refractivity contribution < 1.29 is 0 Å². The summed E-state index contributed by atoms with van der Waals surface area (Å²) >= 11 is 0. The Morgan fingerprint density at radius 1 is 0.938 bits per heavy atom. The Balaban J connectivity index is 2.05. The van der Waals surface area contributed by atoms with E-state index in [0.717, 1.165) is 11.8 Å². The van der Waals surface area contributed by atoms with Crippen LogP contribution in [0.5, 0.6) is 0 Å².